The average Bonchev–Trinajstić information content (AvgIpc) is 2.31. The van der Waals surface area contributed by atoms with Crippen LogP contribution in [0.25, 0.3) is 0 Å². The zero-order valence-electron chi connectivity index (χ0n) is 10.6. The van der Waals surface area contributed by atoms with Crippen molar-refractivity contribution in [1.29, 1.82) is 0 Å². The molecule has 17 heavy (non-hydrogen) atoms. The molecule has 1 rings (SSSR count). The van der Waals surface area contributed by atoms with Crippen LogP contribution in [0.15, 0.2) is 11.6 Å². The van der Waals surface area contributed by atoms with E-state index in [0.717, 1.165) is 5.57 Å². The molecule has 1 unspecified atom stereocenters. The quantitative estimate of drug-likeness (QED) is 0.544. The number of carbonyl (C=O) groups excluding carboxylic acids is 2. The highest BCUT2D eigenvalue weighted by Crippen LogP contribution is 2.22. The number of amides is 1. The number of ether oxygens (including phenoxy) is 2. The van der Waals surface area contributed by atoms with Crippen molar-refractivity contribution in [2.45, 2.75) is 20.3 Å². The lowest BCUT2D eigenvalue weighted by Gasteiger charge is -2.31. The van der Waals surface area contributed by atoms with E-state index in [-0.39, 0.29) is 18.0 Å². The molecule has 0 aromatic heterocycles. The van der Waals surface area contributed by atoms with E-state index in [1.807, 2.05) is 6.92 Å². The molecule has 1 heterocycles. The molecule has 1 aliphatic rings. The Kier molecular flexibility index (Phi) is 5.00. The van der Waals surface area contributed by atoms with Crippen LogP contribution in [-0.4, -0.2) is 43.8 Å². The normalized spacial score (nSPS) is 22.4. The predicted molar refractivity (Wildman–Crippen MR) is 62.5 cm³/mol. The van der Waals surface area contributed by atoms with Gasteiger partial charge in [0.1, 0.15) is 0 Å². The summed E-state index contributed by atoms with van der Waals surface area (Å²) in [6.45, 7) is 5.31. The first-order valence-electron chi connectivity index (χ1n) is 5.78. The standard InChI is InChI=1S/C12H19NO4/c1-4-17-11(14)7-10-5-6-13(8-9(10)2)12(15)16-3/h7,9H,4-6,8H2,1-3H3. The first-order valence-corrected chi connectivity index (χ1v) is 5.78. The smallest absolute Gasteiger partial charge is 0.409 e. The van der Waals surface area contributed by atoms with E-state index in [1.54, 1.807) is 17.9 Å². The van der Waals surface area contributed by atoms with E-state index in [2.05, 4.69) is 4.74 Å². The van der Waals surface area contributed by atoms with Crippen LogP contribution in [0.2, 0.25) is 0 Å². The predicted octanol–water partition coefficient (Wildman–Crippen LogP) is 1.58. The largest absolute Gasteiger partial charge is 0.463 e. The topological polar surface area (TPSA) is 55.8 Å². The summed E-state index contributed by atoms with van der Waals surface area (Å²) >= 11 is 0. The maximum atomic E-state index is 11.3. The second-order valence-electron chi connectivity index (χ2n) is 4.04. The van der Waals surface area contributed by atoms with Crippen molar-refractivity contribution < 1.29 is 19.1 Å². The molecule has 5 heteroatoms. The van der Waals surface area contributed by atoms with Gasteiger partial charge in [-0.05, 0) is 19.3 Å². The third-order valence-electron chi connectivity index (χ3n) is 2.82. The van der Waals surface area contributed by atoms with Gasteiger partial charge in [-0.25, -0.2) is 9.59 Å². The van der Waals surface area contributed by atoms with Crippen LogP contribution in [0.1, 0.15) is 20.3 Å². The van der Waals surface area contributed by atoms with Crippen LogP contribution >= 0.6 is 0 Å². The van der Waals surface area contributed by atoms with Crippen molar-refractivity contribution in [3.8, 4) is 0 Å². The van der Waals surface area contributed by atoms with Gasteiger partial charge in [-0.3, -0.25) is 0 Å². The number of hydrogen-bond acceptors (Lipinski definition) is 4. The highest BCUT2D eigenvalue weighted by molar-refractivity contribution is 5.83. The molecule has 0 aromatic rings. The number of rotatable bonds is 2. The number of nitrogens with zero attached hydrogens (tertiary/aromatic N) is 1. The van der Waals surface area contributed by atoms with E-state index in [4.69, 9.17) is 4.74 Å². The van der Waals surface area contributed by atoms with Gasteiger partial charge in [0.15, 0.2) is 0 Å². The van der Waals surface area contributed by atoms with Crippen molar-refractivity contribution in [3.63, 3.8) is 0 Å². The van der Waals surface area contributed by atoms with Crippen LogP contribution in [-0.2, 0) is 14.3 Å². The highest BCUT2D eigenvalue weighted by Gasteiger charge is 2.25. The minimum absolute atomic E-state index is 0.159. The van der Waals surface area contributed by atoms with Crippen LogP contribution in [0.5, 0.6) is 0 Å². The molecule has 1 saturated heterocycles. The Morgan fingerprint density at radius 3 is 2.76 bits per heavy atom. The van der Waals surface area contributed by atoms with Crippen molar-refractivity contribution in [2.75, 3.05) is 26.8 Å². The van der Waals surface area contributed by atoms with E-state index < -0.39 is 0 Å². The third-order valence-corrected chi connectivity index (χ3v) is 2.82. The average molecular weight is 241 g/mol. The molecule has 0 radical (unpaired) electrons. The van der Waals surface area contributed by atoms with Crippen LogP contribution < -0.4 is 0 Å². The summed E-state index contributed by atoms with van der Waals surface area (Å²) in [5.41, 5.74) is 1.03. The van der Waals surface area contributed by atoms with Crippen molar-refractivity contribution in [2.24, 2.45) is 5.92 Å². The van der Waals surface area contributed by atoms with Gasteiger partial charge in [0, 0.05) is 19.2 Å². The lowest BCUT2D eigenvalue weighted by Crippen LogP contribution is -2.40. The molecule has 0 N–H and O–H groups in total. The lowest BCUT2D eigenvalue weighted by atomic mass is 9.93. The molecule has 0 aromatic carbocycles. The summed E-state index contributed by atoms with van der Waals surface area (Å²) in [4.78, 5) is 24.3. The molecule has 0 bridgehead atoms. The maximum absolute atomic E-state index is 11.3. The maximum Gasteiger partial charge on any atom is 0.409 e. The van der Waals surface area contributed by atoms with E-state index in [0.29, 0.717) is 26.1 Å². The minimum Gasteiger partial charge on any atom is -0.463 e. The van der Waals surface area contributed by atoms with Gasteiger partial charge in [0.05, 0.1) is 13.7 Å². The summed E-state index contributed by atoms with van der Waals surface area (Å²) in [5, 5.41) is 0. The van der Waals surface area contributed by atoms with Gasteiger partial charge >= 0.3 is 12.1 Å². The Labute approximate surface area is 101 Å². The second-order valence-corrected chi connectivity index (χ2v) is 4.04. The van der Waals surface area contributed by atoms with Crippen molar-refractivity contribution in [3.05, 3.63) is 11.6 Å². The summed E-state index contributed by atoms with van der Waals surface area (Å²) in [7, 11) is 1.37. The first kappa shape index (κ1) is 13.5. The number of piperidine rings is 1. The molecular weight excluding hydrogens is 222 g/mol. The summed E-state index contributed by atoms with van der Waals surface area (Å²) < 4.78 is 9.54. The van der Waals surface area contributed by atoms with Gasteiger partial charge < -0.3 is 14.4 Å². The fourth-order valence-electron chi connectivity index (χ4n) is 1.89. The van der Waals surface area contributed by atoms with Gasteiger partial charge in [-0.1, -0.05) is 12.5 Å². The molecule has 0 aliphatic carbocycles. The lowest BCUT2D eigenvalue weighted by molar-refractivity contribution is -0.137. The van der Waals surface area contributed by atoms with Crippen molar-refractivity contribution in [1.82, 2.24) is 4.90 Å². The van der Waals surface area contributed by atoms with Gasteiger partial charge in [-0.2, -0.15) is 0 Å². The molecule has 1 atom stereocenters. The Morgan fingerprint density at radius 2 is 2.24 bits per heavy atom. The first-order chi connectivity index (χ1) is 8.08. The molecule has 1 aliphatic heterocycles. The Hall–Kier alpha value is -1.52. The number of carbonyl (C=O) groups is 2. The van der Waals surface area contributed by atoms with Crippen LogP contribution in [0.3, 0.4) is 0 Å². The summed E-state index contributed by atoms with van der Waals surface area (Å²) in [6.07, 6.45) is 1.92. The van der Waals surface area contributed by atoms with Crippen LogP contribution in [0, 0.1) is 5.92 Å². The molecular formula is C12H19NO4. The molecule has 0 saturated carbocycles. The highest BCUT2D eigenvalue weighted by atomic mass is 16.5. The zero-order valence-corrected chi connectivity index (χ0v) is 10.6. The Bertz CT molecular complexity index is 324. The fraction of sp³-hybridized carbons (Fsp3) is 0.667. The number of esters is 1. The number of likely N-dealkylation sites (tertiary alicyclic amines) is 1. The van der Waals surface area contributed by atoms with E-state index in [9.17, 15) is 9.59 Å². The SMILES string of the molecule is CCOC(=O)C=C1CCN(C(=O)OC)CC1C. The van der Waals surface area contributed by atoms with Crippen LogP contribution in [0.4, 0.5) is 4.79 Å². The zero-order chi connectivity index (χ0) is 12.8. The molecule has 1 fully saturated rings. The second kappa shape index (κ2) is 6.27. The molecule has 5 nitrogen and oxygen atoms in total. The number of hydrogen-bond donors (Lipinski definition) is 0. The third kappa shape index (κ3) is 3.76. The van der Waals surface area contributed by atoms with Gasteiger partial charge in [-0.15, -0.1) is 0 Å². The fourth-order valence-corrected chi connectivity index (χ4v) is 1.89. The summed E-state index contributed by atoms with van der Waals surface area (Å²) in [5.74, 6) is -0.145. The number of methoxy groups -OCH3 is 1. The van der Waals surface area contributed by atoms with Gasteiger partial charge in [0.2, 0.25) is 0 Å². The summed E-state index contributed by atoms with van der Waals surface area (Å²) in [6, 6.07) is 0. The molecule has 96 valence electrons. The van der Waals surface area contributed by atoms with Gasteiger partial charge in [0.25, 0.3) is 0 Å². The molecule has 1 amide bonds. The van der Waals surface area contributed by atoms with E-state index in [1.165, 1.54) is 7.11 Å². The Morgan fingerprint density at radius 1 is 1.53 bits per heavy atom. The van der Waals surface area contributed by atoms with E-state index >= 15 is 0 Å². The monoisotopic (exact) mass is 241 g/mol. The molecule has 0 spiro atoms. The minimum atomic E-state index is -0.313. The Balaban J connectivity index is 2.59. The van der Waals surface area contributed by atoms with Crippen molar-refractivity contribution >= 4 is 12.1 Å².